The van der Waals surface area contributed by atoms with Crippen molar-refractivity contribution in [2.75, 3.05) is 10.8 Å². The van der Waals surface area contributed by atoms with E-state index in [2.05, 4.69) is 5.32 Å². The van der Waals surface area contributed by atoms with Gasteiger partial charge in [0.1, 0.15) is 6.54 Å². The van der Waals surface area contributed by atoms with E-state index in [-0.39, 0.29) is 18.0 Å². The number of benzene rings is 4. The zero-order chi connectivity index (χ0) is 23.4. The highest BCUT2D eigenvalue weighted by atomic mass is 35.5. The molecule has 0 spiro atoms. The van der Waals surface area contributed by atoms with Crippen LogP contribution in [0.3, 0.4) is 0 Å². The van der Waals surface area contributed by atoms with Gasteiger partial charge in [-0.2, -0.15) is 0 Å². The maximum absolute atomic E-state index is 13.4. The Hall–Kier alpha value is -3.35. The Balaban J connectivity index is 1.60. The second kappa shape index (κ2) is 9.65. The molecule has 1 N–H and O–H groups in total. The molecule has 0 aliphatic rings. The van der Waals surface area contributed by atoms with Crippen molar-refractivity contribution in [2.45, 2.75) is 18.4 Å². The van der Waals surface area contributed by atoms with E-state index in [1.165, 1.54) is 18.2 Å². The molecule has 0 fully saturated rings. The van der Waals surface area contributed by atoms with Gasteiger partial charge < -0.3 is 5.32 Å². The SMILES string of the molecule is Cc1ccc(S(=O)(=O)N(CC(=O)NCc2cccc3ccccc23)c2cccc(Cl)c2)cc1. The zero-order valence-corrected chi connectivity index (χ0v) is 19.6. The van der Waals surface area contributed by atoms with Crippen LogP contribution in [0.5, 0.6) is 0 Å². The molecule has 0 bridgehead atoms. The maximum atomic E-state index is 13.4. The smallest absolute Gasteiger partial charge is 0.264 e. The summed E-state index contributed by atoms with van der Waals surface area (Å²) in [5.41, 5.74) is 2.22. The average molecular weight is 479 g/mol. The molecular weight excluding hydrogens is 456 g/mol. The molecule has 0 heterocycles. The van der Waals surface area contributed by atoms with E-state index >= 15 is 0 Å². The predicted octanol–water partition coefficient (Wildman–Crippen LogP) is 5.31. The fourth-order valence-corrected chi connectivity index (χ4v) is 5.21. The zero-order valence-electron chi connectivity index (χ0n) is 18.0. The molecule has 4 aromatic carbocycles. The van der Waals surface area contributed by atoms with Gasteiger partial charge in [0.2, 0.25) is 5.91 Å². The highest BCUT2D eigenvalue weighted by Gasteiger charge is 2.27. The lowest BCUT2D eigenvalue weighted by atomic mass is 10.0. The predicted molar refractivity (Wildman–Crippen MR) is 133 cm³/mol. The van der Waals surface area contributed by atoms with Crippen LogP contribution in [0.2, 0.25) is 5.02 Å². The molecule has 0 aliphatic carbocycles. The standard InChI is InChI=1S/C26H23ClN2O3S/c1-19-12-14-24(15-13-19)33(31,32)29(23-10-5-9-22(27)16-23)18-26(30)28-17-21-8-4-7-20-6-2-3-11-25(20)21/h2-16H,17-18H2,1H3,(H,28,30). The first-order chi connectivity index (χ1) is 15.8. The van der Waals surface area contributed by atoms with Gasteiger partial charge in [0.05, 0.1) is 10.6 Å². The number of hydrogen-bond acceptors (Lipinski definition) is 3. The van der Waals surface area contributed by atoms with Gasteiger partial charge in [-0.05, 0) is 53.6 Å². The number of amides is 1. The molecule has 1 amide bonds. The molecule has 0 unspecified atom stereocenters. The van der Waals surface area contributed by atoms with Crippen molar-refractivity contribution in [3.63, 3.8) is 0 Å². The van der Waals surface area contributed by atoms with Crippen LogP contribution in [0.4, 0.5) is 5.69 Å². The number of carbonyl (C=O) groups is 1. The third kappa shape index (κ3) is 5.18. The molecule has 0 saturated carbocycles. The van der Waals surface area contributed by atoms with Crippen molar-refractivity contribution < 1.29 is 13.2 Å². The van der Waals surface area contributed by atoms with E-state index in [4.69, 9.17) is 11.6 Å². The van der Waals surface area contributed by atoms with Gasteiger partial charge in [0, 0.05) is 11.6 Å². The summed E-state index contributed by atoms with van der Waals surface area (Å²) in [6, 6.07) is 26.8. The van der Waals surface area contributed by atoms with Crippen molar-refractivity contribution in [1.82, 2.24) is 5.32 Å². The molecule has 7 heteroatoms. The van der Waals surface area contributed by atoms with Gasteiger partial charge in [0.15, 0.2) is 0 Å². The lowest BCUT2D eigenvalue weighted by Gasteiger charge is -2.24. The highest BCUT2D eigenvalue weighted by Crippen LogP contribution is 2.26. The van der Waals surface area contributed by atoms with Gasteiger partial charge in [-0.1, -0.05) is 77.8 Å². The number of sulfonamides is 1. The molecule has 4 rings (SSSR count). The number of fused-ring (bicyclic) bond motifs is 1. The first-order valence-electron chi connectivity index (χ1n) is 10.4. The van der Waals surface area contributed by atoms with Crippen LogP contribution in [0.15, 0.2) is 95.9 Å². The van der Waals surface area contributed by atoms with Gasteiger partial charge >= 0.3 is 0 Å². The van der Waals surface area contributed by atoms with E-state index < -0.39 is 15.9 Å². The summed E-state index contributed by atoms with van der Waals surface area (Å²) in [7, 11) is -3.99. The van der Waals surface area contributed by atoms with Crippen LogP contribution in [-0.4, -0.2) is 20.9 Å². The summed E-state index contributed by atoms with van der Waals surface area (Å²) >= 11 is 6.12. The van der Waals surface area contributed by atoms with Crippen LogP contribution in [-0.2, 0) is 21.4 Å². The van der Waals surface area contributed by atoms with Gasteiger partial charge in [-0.25, -0.2) is 8.42 Å². The molecule has 33 heavy (non-hydrogen) atoms. The van der Waals surface area contributed by atoms with Crippen molar-refractivity contribution in [3.8, 4) is 0 Å². The van der Waals surface area contributed by atoms with Crippen molar-refractivity contribution in [3.05, 3.63) is 107 Å². The number of halogens is 1. The Kier molecular flexibility index (Phi) is 6.67. The number of hydrogen-bond donors (Lipinski definition) is 1. The molecule has 0 aliphatic heterocycles. The molecule has 0 atom stereocenters. The number of nitrogens with zero attached hydrogens (tertiary/aromatic N) is 1. The number of carbonyl (C=O) groups excluding carboxylic acids is 1. The second-order valence-electron chi connectivity index (χ2n) is 7.72. The van der Waals surface area contributed by atoms with Crippen molar-refractivity contribution in [1.29, 1.82) is 0 Å². The topological polar surface area (TPSA) is 66.5 Å². The highest BCUT2D eigenvalue weighted by molar-refractivity contribution is 7.92. The summed E-state index contributed by atoms with van der Waals surface area (Å²) in [4.78, 5) is 13.0. The minimum absolute atomic E-state index is 0.106. The summed E-state index contributed by atoms with van der Waals surface area (Å²) in [5.74, 6) is -0.418. The van der Waals surface area contributed by atoms with Gasteiger partial charge in [-0.3, -0.25) is 9.10 Å². The third-order valence-electron chi connectivity index (χ3n) is 5.35. The number of aryl methyl sites for hydroxylation is 1. The van der Waals surface area contributed by atoms with E-state index in [0.717, 1.165) is 26.2 Å². The number of anilines is 1. The Labute approximate surface area is 198 Å². The minimum Gasteiger partial charge on any atom is -0.350 e. The lowest BCUT2D eigenvalue weighted by molar-refractivity contribution is -0.119. The van der Waals surface area contributed by atoms with Gasteiger partial charge in [0.25, 0.3) is 10.0 Å². The van der Waals surface area contributed by atoms with Gasteiger partial charge in [-0.15, -0.1) is 0 Å². The first-order valence-corrected chi connectivity index (χ1v) is 12.2. The largest absolute Gasteiger partial charge is 0.350 e. The molecule has 0 aromatic heterocycles. The van der Waals surface area contributed by atoms with E-state index in [9.17, 15) is 13.2 Å². The minimum atomic E-state index is -3.99. The van der Waals surface area contributed by atoms with Crippen LogP contribution < -0.4 is 9.62 Å². The van der Waals surface area contributed by atoms with E-state index in [1.54, 1.807) is 30.3 Å². The molecule has 0 radical (unpaired) electrons. The Morgan fingerprint density at radius 1 is 0.909 bits per heavy atom. The molecular formula is C26H23ClN2O3S. The quantitative estimate of drug-likeness (QED) is 0.391. The lowest BCUT2D eigenvalue weighted by Crippen LogP contribution is -2.40. The molecule has 0 saturated heterocycles. The van der Waals surface area contributed by atoms with Crippen LogP contribution in [0.1, 0.15) is 11.1 Å². The third-order valence-corrected chi connectivity index (χ3v) is 7.37. The van der Waals surface area contributed by atoms with Crippen LogP contribution >= 0.6 is 11.6 Å². The Morgan fingerprint density at radius 3 is 2.36 bits per heavy atom. The fraction of sp³-hybridized carbons (Fsp3) is 0.115. The summed E-state index contributed by atoms with van der Waals surface area (Å²) < 4.78 is 28.0. The molecule has 168 valence electrons. The Morgan fingerprint density at radius 2 is 1.61 bits per heavy atom. The number of nitrogens with one attached hydrogen (secondary N) is 1. The fourth-order valence-electron chi connectivity index (χ4n) is 3.61. The van der Waals surface area contributed by atoms with Crippen LogP contribution in [0.25, 0.3) is 10.8 Å². The Bertz CT molecular complexity index is 1400. The molecule has 4 aromatic rings. The molecule has 5 nitrogen and oxygen atoms in total. The summed E-state index contributed by atoms with van der Waals surface area (Å²) in [5, 5.41) is 5.36. The number of rotatable bonds is 7. The average Bonchev–Trinajstić information content (AvgIpc) is 2.81. The van der Waals surface area contributed by atoms with Crippen molar-refractivity contribution >= 4 is 44.0 Å². The maximum Gasteiger partial charge on any atom is 0.264 e. The summed E-state index contributed by atoms with van der Waals surface area (Å²) in [6.07, 6.45) is 0. The monoisotopic (exact) mass is 478 g/mol. The van der Waals surface area contributed by atoms with E-state index in [1.807, 2.05) is 49.4 Å². The van der Waals surface area contributed by atoms with Crippen LogP contribution in [0, 0.1) is 6.92 Å². The van der Waals surface area contributed by atoms with E-state index in [0.29, 0.717) is 10.7 Å². The summed E-state index contributed by atoms with van der Waals surface area (Å²) in [6.45, 7) is 1.79. The normalized spacial score (nSPS) is 11.3. The second-order valence-corrected chi connectivity index (χ2v) is 10.0. The first kappa shape index (κ1) is 22.8. The van der Waals surface area contributed by atoms with Crippen molar-refractivity contribution in [2.24, 2.45) is 0 Å².